The molecule has 0 N–H and O–H groups in total. The van der Waals surface area contributed by atoms with Crippen molar-refractivity contribution in [3.63, 3.8) is 0 Å². The highest BCUT2D eigenvalue weighted by Crippen LogP contribution is 2.39. The molecule has 0 aromatic heterocycles. The number of hydrogen-bond donors (Lipinski definition) is 0. The third-order valence-electron chi connectivity index (χ3n) is 4.43. The summed E-state index contributed by atoms with van der Waals surface area (Å²) in [5.41, 5.74) is 2.39. The van der Waals surface area contributed by atoms with Crippen molar-refractivity contribution in [2.24, 2.45) is 0 Å². The van der Waals surface area contributed by atoms with E-state index >= 15 is 0 Å². The molecular formula is C19H22ClNO4S. The summed E-state index contributed by atoms with van der Waals surface area (Å²) in [4.78, 5) is 0.278. The van der Waals surface area contributed by atoms with Gasteiger partial charge in [0.05, 0.1) is 16.7 Å². The standard InChI is InChI=1S/C19H22ClNO4S/c1-14-5-8-16(9-6-14)26(22,23)21-11-3-4-19(25-13-24-2)17-12-15(20)7-10-18(17)21/h5-10,12,19H,3-4,11,13H2,1-2H3/t19-/m1/s1. The molecule has 26 heavy (non-hydrogen) atoms. The number of sulfonamides is 1. The molecule has 0 saturated carbocycles. The molecule has 0 saturated heterocycles. The Balaban J connectivity index is 2.06. The van der Waals surface area contributed by atoms with Crippen molar-refractivity contribution in [1.29, 1.82) is 0 Å². The Kier molecular flexibility index (Phi) is 5.87. The van der Waals surface area contributed by atoms with Crippen LogP contribution in [0.4, 0.5) is 5.69 Å². The molecule has 0 amide bonds. The maximum Gasteiger partial charge on any atom is 0.264 e. The number of halogens is 1. The third kappa shape index (κ3) is 3.88. The van der Waals surface area contributed by atoms with E-state index in [0.717, 1.165) is 11.1 Å². The van der Waals surface area contributed by atoms with E-state index in [9.17, 15) is 8.42 Å². The van der Waals surface area contributed by atoms with E-state index in [0.29, 0.717) is 30.1 Å². The molecule has 5 nitrogen and oxygen atoms in total. The van der Waals surface area contributed by atoms with Crippen LogP contribution in [-0.2, 0) is 19.5 Å². The highest BCUT2D eigenvalue weighted by atomic mass is 35.5. The van der Waals surface area contributed by atoms with Crippen molar-refractivity contribution in [1.82, 2.24) is 0 Å². The number of rotatable bonds is 5. The van der Waals surface area contributed by atoms with E-state index in [1.165, 1.54) is 4.31 Å². The summed E-state index contributed by atoms with van der Waals surface area (Å²) in [6, 6.07) is 12.1. The zero-order chi connectivity index (χ0) is 18.7. The molecule has 1 aliphatic heterocycles. The minimum absolute atomic E-state index is 0.140. The van der Waals surface area contributed by atoms with Crippen LogP contribution in [0.5, 0.6) is 0 Å². The zero-order valence-electron chi connectivity index (χ0n) is 14.8. The van der Waals surface area contributed by atoms with E-state index in [2.05, 4.69) is 0 Å². The van der Waals surface area contributed by atoms with Crippen molar-refractivity contribution >= 4 is 27.3 Å². The van der Waals surface area contributed by atoms with Crippen LogP contribution in [0.2, 0.25) is 5.02 Å². The Morgan fingerprint density at radius 2 is 1.92 bits per heavy atom. The average Bonchev–Trinajstić information content (AvgIpc) is 2.80. The Morgan fingerprint density at radius 3 is 2.62 bits per heavy atom. The lowest BCUT2D eigenvalue weighted by Crippen LogP contribution is -2.31. The summed E-state index contributed by atoms with van der Waals surface area (Å²) in [6.45, 7) is 2.45. The van der Waals surface area contributed by atoms with Gasteiger partial charge in [0.1, 0.15) is 6.79 Å². The van der Waals surface area contributed by atoms with Crippen LogP contribution < -0.4 is 4.31 Å². The lowest BCUT2D eigenvalue weighted by atomic mass is 10.0. The predicted molar refractivity (Wildman–Crippen MR) is 102 cm³/mol. The van der Waals surface area contributed by atoms with Gasteiger partial charge in [-0.3, -0.25) is 4.31 Å². The SMILES string of the molecule is COCO[C@@H]1CCCN(S(=O)(=O)c2ccc(C)cc2)c2ccc(Cl)cc21. The number of aryl methyl sites for hydroxylation is 1. The fourth-order valence-electron chi connectivity index (χ4n) is 3.12. The lowest BCUT2D eigenvalue weighted by Gasteiger charge is -2.25. The molecule has 0 aliphatic carbocycles. The Labute approximate surface area is 159 Å². The Morgan fingerprint density at radius 1 is 1.19 bits per heavy atom. The molecule has 0 fully saturated rings. The number of hydrogen-bond acceptors (Lipinski definition) is 4. The van der Waals surface area contributed by atoms with E-state index in [-0.39, 0.29) is 17.8 Å². The Bertz CT molecular complexity index is 868. The molecule has 0 bridgehead atoms. The van der Waals surface area contributed by atoms with Crippen molar-refractivity contribution in [2.75, 3.05) is 24.8 Å². The molecule has 140 valence electrons. The first-order chi connectivity index (χ1) is 12.4. The van der Waals surface area contributed by atoms with Gasteiger partial charge in [0, 0.05) is 24.2 Å². The number of nitrogens with zero attached hydrogens (tertiary/aromatic N) is 1. The summed E-state index contributed by atoms with van der Waals surface area (Å²) in [5.74, 6) is 0. The maximum absolute atomic E-state index is 13.2. The van der Waals surface area contributed by atoms with Crippen molar-refractivity contribution in [3.8, 4) is 0 Å². The number of ether oxygens (including phenoxy) is 2. The quantitative estimate of drug-likeness (QED) is 0.708. The molecule has 0 unspecified atom stereocenters. The van der Waals surface area contributed by atoms with Crippen molar-refractivity contribution in [2.45, 2.75) is 30.8 Å². The summed E-state index contributed by atoms with van der Waals surface area (Å²) >= 11 is 6.17. The molecule has 1 atom stereocenters. The van der Waals surface area contributed by atoms with Gasteiger partial charge in [-0.25, -0.2) is 8.42 Å². The number of benzene rings is 2. The fraction of sp³-hybridized carbons (Fsp3) is 0.368. The third-order valence-corrected chi connectivity index (χ3v) is 6.49. The minimum atomic E-state index is -3.67. The van der Waals surface area contributed by atoms with Gasteiger partial charge in [-0.05, 0) is 50.1 Å². The van der Waals surface area contributed by atoms with Crippen LogP contribution >= 0.6 is 11.6 Å². The zero-order valence-corrected chi connectivity index (χ0v) is 16.4. The summed E-state index contributed by atoms with van der Waals surface area (Å²) in [6.07, 6.45) is 1.10. The molecule has 0 spiro atoms. The highest BCUT2D eigenvalue weighted by Gasteiger charge is 2.31. The second-order valence-corrected chi connectivity index (χ2v) is 8.60. The molecule has 0 radical (unpaired) electrons. The van der Waals surface area contributed by atoms with Gasteiger partial charge in [0.2, 0.25) is 0 Å². The second kappa shape index (κ2) is 7.96. The molecule has 3 rings (SSSR count). The minimum Gasteiger partial charge on any atom is -0.359 e. The first kappa shape index (κ1) is 19.2. The number of methoxy groups -OCH3 is 1. The van der Waals surface area contributed by atoms with Gasteiger partial charge in [0.15, 0.2) is 0 Å². The summed E-state index contributed by atoms with van der Waals surface area (Å²) < 4.78 is 38.7. The molecule has 2 aromatic rings. The van der Waals surface area contributed by atoms with Crippen molar-refractivity contribution < 1.29 is 17.9 Å². The van der Waals surface area contributed by atoms with Crippen LogP contribution in [0.3, 0.4) is 0 Å². The highest BCUT2D eigenvalue weighted by molar-refractivity contribution is 7.92. The van der Waals surface area contributed by atoms with E-state index in [1.54, 1.807) is 49.6 Å². The first-order valence-electron chi connectivity index (χ1n) is 8.43. The van der Waals surface area contributed by atoms with Crippen LogP contribution in [0.15, 0.2) is 47.4 Å². The van der Waals surface area contributed by atoms with E-state index < -0.39 is 10.0 Å². The normalized spacial score (nSPS) is 17.7. The maximum atomic E-state index is 13.2. The van der Waals surface area contributed by atoms with Crippen LogP contribution in [0, 0.1) is 6.92 Å². The lowest BCUT2D eigenvalue weighted by molar-refractivity contribution is -0.0753. The molecule has 1 heterocycles. The smallest absolute Gasteiger partial charge is 0.264 e. The van der Waals surface area contributed by atoms with Gasteiger partial charge in [0.25, 0.3) is 10.0 Å². The molecule has 7 heteroatoms. The topological polar surface area (TPSA) is 55.8 Å². The fourth-order valence-corrected chi connectivity index (χ4v) is 4.83. The van der Waals surface area contributed by atoms with Gasteiger partial charge >= 0.3 is 0 Å². The van der Waals surface area contributed by atoms with Crippen LogP contribution in [0.25, 0.3) is 0 Å². The van der Waals surface area contributed by atoms with Crippen LogP contribution in [0.1, 0.15) is 30.1 Å². The van der Waals surface area contributed by atoms with Gasteiger partial charge in [-0.1, -0.05) is 29.3 Å². The van der Waals surface area contributed by atoms with Crippen LogP contribution in [-0.4, -0.2) is 28.9 Å². The number of anilines is 1. The largest absolute Gasteiger partial charge is 0.359 e. The van der Waals surface area contributed by atoms with E-state index in [1.807, 2.05) is 6.92 Å². The molecule has 2 aromatic carbocycles. The Hall–Kier alpha value is -1.60. The molecule has 1 aliphatic rings. The van der Waals surface area contributed by atoms with E-state index in [4.69, 9.17) is 21.1 Å². The summed E-state index contributed by atoms with van der Waals surface area (Å²) in [5, 5.41) is 0.546. The van der Waals surface area contributed by atoms with Gasteiger partial charge in [-0.2, -0.15) is 0 Å². The van der Waals surface area contributed by atoms with Gasteiger partial charge < -0.3 is 9.47 Å². The second-order valence-electron chi connectivity index (χ2n) is 6.30. The predicted octanol–water partition coefficient (Wildman–Crippen LogP) is 4.30. The first-order valence-corrected chi connectivity index (χ1v) is 10.2. The average molecular weight is 396 g/mol. The monoisotopic (exact) mass is 395 g/mol. The molecular weight excluding hydrogens is 374 g/mol. The number of fused-ring (bicyclic) bond motifs is 1. The van der Waals surface area contributed by atoms with Gasteiger partial charge in [-0.15, -0.1) is 0 Å². The van der Waals surface area contributed by atoms with Crippen molar-refractivity contribution in [3.05, 3.63) is 58.6 Å². The summed E-state index contributed by atoms with van der Waals surface area (Å²) in [7, 11) is -2.11.